The Hall–Kier alpha value is -0.190. The number of hydrogen-bond acceptors (Lipinski definition) is 3. The van der Waals surface area contributed by atoms with E-state index in [0.29, 0.717) is 10.6 Å². The van der Waals surface area contributed by atoms with Crippen molar-refractivity contribution in [1.29, 1.82) is 0 Å². The monoisotopic (exact) mass is 290 g/mol. The van der Waals surface area contributed by atoms with E-state index >= 15 is 0 Å². The van der Waals surface area contributed by atoms with Crippen LogP contribution in [-0.2, 0) is 0 Å². The zero-order valence-electron chi connectivity index (χ0n) is 9.28. The van der Waals surface area contributed by atoms with Gasteiger partial charge in [0.25, 0.3) is 0 Å². The minimum absolute atomic E-state index is 0.0563. The second-order valence-electron chi connectivity index (χ2n) is 3.86. The first-order chi connectivity index (χ1) is 8.09. The SMILES string of the molecule is CC1SCCSC1C(=O)c1cc(F)ccc1Cl. The molecule has 0 spiro atoms. The Morgan fingerprint density at radius 3 is 2.82 bits per heavy atom. The van der Waals surface area contributed by atoms with E-state index in [1.165, 1.54) is 18.2 Å². The molecule has 0 aliphatic carbocycles. The van der Waals surface area contributed by atoms with E-state index in [-0.39, 0.29) is 16.3 Å². The first kappa shape index (κ1) is 13.2. The molecule has 1 nitrogen and oxygen atoms in total. The molecule has 2 atom stereocenters. The first-order valence-electron chi connectivity index (χ1n) is 5.32. The zero-order valence-corrected chi connectivity index (χ0v) is 11.7. The summed E-state index contributed by atoms with van der Waals surface area (Å²) < 4.78 is 13.1. The average Bonchev–Trinajstić information content (AvgIpc) is 2.32. The van der Waals surface area contributed by atoms with Gasteiger partial charge in [-0.2, -0.15) is 11.8 Å². The van der Waals surface area contributed by atoms with Crippen molar-refractivity contribution in [3.8, 4) is 0 Å². The first-order valence-corrected chi connectivity index (χ1v) is 7.79. The summed E-state index contributed by atoms with van der Waals surface area (Å²) in [7, 11) is 0. The third-order valence-electron chi connectivity index (χ3n) is 2.64. The quantitative estimate of drug-likeness (QED) is 0.769. The Labute approximate surface area is 113 Å². The second-order valence-corrected chi connectivity index (χ2v) is 7.00. The van der Waals surface area contributed by atoms with Crippen molar-refractivity contribution in [2.24, 2.45) is 0 Å². The van der Waals surface area contributed by atoms with Crippen LogP contribution in [0.5, 0.6) is 0 Å². The van der Waals surface area contributed by atoms with Crippen LogP contribution < -0.4 is 0 Å². The summed E-state index contributed by atoms with van der Waals surface area (Å²) in [6.45, 7) is 2.03. The van der Waals surface area contributed by atoms with Gasteiger partial charge in [-0.3, -0.25) is 4.79 Å². The number of carbonyl (C=O) groups is 1. The number of benzene rings is 1. The average molecular weight is 291 g/mol. The lowest BCUT2D eigenvalue weighted by Crippen LogP contribution is -2.31. The molecule has 1 saturated heterocycles. The largest absolute Gasteiger partial charge is 0.293 e. The van der Waals surface area contributed by atoms with Crippen molar-refractivity contribution in [3.63, 3.8) is 0 Å². The summed E-state index contributed by atoms with van der Waals surface area (Å²) in [4.78, 5) is 12.3. The number of ketones is 1. The molecule has 0 saturated carbocycles. The lowest BCUT2D eigenvalue weighted by Gasteiger charge is -2.26. The minimum atomic E-state index is -0.418. The van der Waals surface area contributed by atoms with Crippen LogP contribution in [0.3, 0.4) is 0 Å². The van der Waals surface area contributed by atoms with Crippen molar-refractivity contribution in [1.82, 2.24) is 0 Å². The molecule has 0 amide bonds. The fraction of sp³-hybridized carbons (Fsp3) is 0.417. The highest BCUT2D eigenvalue weighted by Crippen LogP contribution is 2.34. The van der Waals surface area contributed by atoms with Gasteiger partial charge in [-0.05, 0) is 18.2 Å². The van der Waals surface area contributed by atoms with Crippen LogP contribution in [-0.4, -0.2) is 27.8 Å². The molecule has 5 heteroatoms. The third kappa shape index (κ3) is 2.98. The van der Waals surface area contributed by atoms with Gasteiger partial charge in [-0.1, -0.05) is 18.5 Å². The highest BCUT2D eigenvalue weighted by atomic mass is 35.5. The molecular weight excluding hydrogens is 279 g/mol. The summed E-state index contributed by atoms with van der Waals surface area (Å²) in [5.41, 5.74) is 0.304. The molecule has 0 radical (unpaired) electrons. The normalized spacial score (nSPS) is 24.6. The predicted octanol–water partition coefficient (Wildman–Crippen LogP) is 3.90. The highest BCUT2D eigenvalue weighted by Gasteiger charge is 2.30. The standard InChI is InChI=1S/C12H12ClFOS2/c1-7-12(17-5-4-16-7)11(15)9-6-8(14)2-3-10(9)13/h2-3,6-7,12H,4-5H2,1H3. The van der Waals surface area contributed by atoms with E-state index in [2.05, 4.69) is 0 Å². The maximum Gasteiger partial charge on any atom is 0.178 e. The van der Waals surface area contributed by atoms with Crippen molar-refractivity contribution < 1.29 is 9.18 Å². The van der Waals surface area contributed by atoms with Gasteiger partial charge in [0.15, 0.2) is 5.78 Å². The van der Waals surface area contributed by atoms with Crippen molar-refractivity contribution >= 4 is 40.9 Å². The van der Waals surface area contributed by atoms with Gasteiger partial charge in [0, 0.05) is 22.3 Å². The Morgan fingerprint density at radius 2 is 2.12 bits per heavy atom. The Bertz CT molecular complexity index is 439. The summed E-state index contributed by atoms with van der Waals surface area (Å²) in [5.74, 6) is 1.54. The third-order valence-corrected chi connectivity index (χ3v) is 6.06. The van der Waals surface area contributed by atoms with E-state index in [4.69, 9.17) is 11.6 Å². The molecule has 1 aliphatic heterocycles. The molecule has 2 unspecified atom stereocenters. The van der Waals surface area contributed by atoms with Crippen molar-refractivity contribution in [2.45, 2.75) is 17.4 Å². The van der Waals surface area contributed by atoms with E-state index in [1.807, 2.05) is 6.92 Å². The fourth-order valence-corrected chi connectivity index (χ4v) is 4.69. The predicted molar refractivity (Wildman–Crippen MR) is 73.9 cm³/mol. The summed E-state index contributed by atoms with van der Waals surface area (Å²) in [6.07, 6.45) is 0. The van der Waals surface area contributed by atoms with E-state index in [0.717, 1.165) is 11.5 Å². The Morgan fingerprint density at radius 1 is 1.41 bits per heavy atom. The molecule has 1 aromatic carbocycles. The lowest BCUT2D eigenvalue weighted by molar-refractivity contribution is 0.0989. The van der Waals surface area contributed by atoms with Gasteiger partial charge >= 0.3 is 0 Å². The molecular formula is C12H12ClFOS2. The number of rotatable bonds is 2. The molecule has 17 heavy (non-hydrogen) atoms. The maximum absolute atomic E-state index is 13.1. The summed E-state index contributed by atoms with van der Waals surface area (Å²) >= 11 is 9.37. The van der Waals surface area contributed by atoms with E-state index in [9.17, 15) is 9.18 Å². The number of Topliss-reactive ketones (excluding diaryl/α,β-unsaturated/α-hetero) is 1. The summed E-state index contributed by atoms with van der Waals surface area (Å²) in [5, 5.41) is 0.466. The topological polar surface area (TPSA) is 17.1 Å². The van der Waals surface area contributed by atoms with Crippen molar-refractivity contribution in [2.75, 3.05) is 11.5 Å². The lowest BCUT2D eigenvalue weighted by atomic mass is 10.1. The molecule has 1 aliphatic rings. The molecule has 2 rings (SSSR count). The van der Waals surface area contributed by atoms with Crippen LogP contribution >= 0.6 is 35.1 Å². The van der Waals surface area contributed by atoms with Crippen LogP contribution in [0.1, 0.15) is 17.3 Å². The van der Waals surface area contributed by atoms with Gasteiger partial charge in [-0.25, -0.2) is 4.39 Å². The Kier molecular flexibility index (Phi) is 4.39. The van der Waals surface area contributed by atoms with Gasteiger partial charge in [0.1, 0.15) is 5.82 Å². The van der Waals surface area contributed by atoms with Gasteiger partial charge in [-0.15, -0.1) is 11.8 Å². The van der Waals surface area contributed by atoms with E-state index < -0.39 is 5.82 Å². The second kappa shape index (κ2) is 5.63. The van der Waals surface area contributed by atoms with Crippen LogP contribution in [0.4, 0.5) is 4.39 Å². The maximum atomic E-state index is 13.1. The van der Waals surface area contributed by atoms with Gasteiger partial charge in [0.2, 0.25) is 0 Å². The van der Waals surface area contributed by atoms with Crippen LogP contribution in [0.2, 0.25) is 5.02 Å². The van der Waals surface area contributed by atoms with Crippen LogP contribution in [0.15, 0.2) is 18.2 Å². The molecule has 0 bridgehead atoms. The molecule has 1 aromatic rings. The molecule has 1 fully saturated rings. The van der Waals surface area contributed by atoms with E-state index in [1.54, 1.807) is 23.5 Å². The molecule has 92 valence electrons. The minimum Gasteiger partial charge on any atom is -0.293 e. The molecule has 0 aromatic heterocycles. The Balaban J connectivity index is 2.26. The van der Waals surface area contributed by atoms with Crippen LogP contribution in [0, 0.1) is 5.82 Å². The number of halogens is 2. The van der Waals surface area contributed by atoms with Crippen LogP contribution in [0.25, 0.3) is 0 Å². The van der Waals surface area contributed by atoms with Gasteiger partial charge < -0.3 is 0 Å². The van der Waals surface area contributed by atoms with Gasteiger partial charge in [0.05, 0.1) is 10.3 Å². The molecule has 1 heterocycles. The fourth-order valence-electron chi connectivity index (χ4n) is 1.76. The highest BCUT2D eigenvalue weighted by molar-refractivity contribution is 8.07. The van der Waals surface area contributed by atoms with Crippen molar-refractivity contribution in [3.05, 3.63) is 34.6 Å². The smallest absolute Gasteiger partial charge is 0.178 e. The zero-order chi connectivity index (χ0) is 12.4. The number of carbonyl (C=O) groups excluding carboxylic acids is 1. The number of thioether (sulfide) groups is 2. The molecule has 0 N–H and O–H groups in total. The summed E-state index contributed by atoms with van der Waals surface area (Å²) in [6, 6.07) is 3.94. The number of hydrogen-bond donors (Lipinski definition) is 0.